The molecule has 2 aliphatic rings. The van der Waals surface area contributed by atoms with E-state index in [4.69, 9.17) is 18.9 Å². The van der Waals surface area contributed by atoms with E-state index in [9.17, 15) is 0 Å². The number of nitrogen functional groups attached to an aromatic ring is 1. The lowest BCUT2D eigenvalue weighted by atomic mass is 9.80. The number of aromatic nitrogens is 3. The molecule has 1 aromatic heterocycles. The van der Waals surface area contributed by atoms with E-state index in [1.807, 2.05) is 6.92 Å². The number of aryl methyl sites for hydroxylation is 1. The van der Waals surface area contributed by atoms with Crippen molar-refractivity contribution in [3.8, 4) is 0 Å². The number of rotatable bonds is 15. The predicted molar refractivity (Wildman–Crippen MR) is 231 cm³/mol. The Labute approximate surface area is 319 Å². The number of hydrogen-bond donors (Lipinski definition) is 2. The smallest absolute Gasteiger partial charge is 0.227 e. The Kier molecular flexibility index (Phi) is 9.51. The SMILES string of the molecule is C=C1c2ccc3c4ccc5c6c(ccc(c7ccc(c2c37)C(=C)N1CCNc1nc(C)nc(N)n1)c64)C(=C)N(C(CCCCCC)CCCCCC)C5=C. The maximum absolute atomic E-state index is 5.86. The summed E-state index contributed by atoms with van der Waals surface area (Å²) in [6.07, 6.45) is 12.5. The van der Waals surface area contributed by atoms with Gasteiger partial charge in [0, 0.05) is 74.9 Å². The maximum Gasteiger partial charge on any atom is 0.227 e. The summed E-state index contributed by atoms with van der Waals surface area (Å²) in [5.74, 6) is 1.26. The van der Waals surface area contributed by atoms with Crippen molar-refractivity contribution in [1.82, 2.24) is 24.8 Å². The van der Waals surface area contributed by atoms with Gasteiger partial charge in [0.15, 0.2) is 0 Å². The molecular formula is C47H53N7. The predicted octanol–water partition coefficient (Wildman–Crippen LogP) is 11.7. The molecule has 0 bridgehead atoms. The minimum atomic E-state index is 0.208. The number of nitrogens with zero attached hydrogens (tertiary/aromatic N) is 5. The van der Waals surface area contributed by atoms with Crippen LogP contribution in [0.15, 0.2) is 74.8 Å². The molecule has 0 atom stereocenters. The number of nitrogens with one attached hydrogen (secondary N) is 1. The van der Waals surface area contributed by atoms with Crippen LogP contribution in [0.3, 0.4) is 0 Å². The first-order chi connectivity index (χ1) is 26.2. The van der Waals surface area contributed by atoms with Crippen molar-refractivity contribution in [1.29, 1.82) is 0 Å². The van der Waals surface area contributed by atoms with E-state index >= 15 is 0 Å². The maximum atomic E-state index is 5.86. The van der Waals surface area contributed by atoms with Crippen molar-refractivity contribution in [2.24, 2.45) is 0 Å². The largest absolute Gasteiger partial charge is 0.368 e. The third-order valence-electron chi connectivity index (χ3n) is 11.9. The van der Waals surface area contributed by atoms with Crippen molar-refractivity contribution in [2.75, 3.05) is 24.1 Å². The van der Waals surface area contributed by atoms with Crippen LogP contribution in [0.2, 0.25) is 0 Å². The Hall–Kier alpha value is -5.43. The first-order valence-corrected chi connectivity index (χ1v) is 20.0. The van der Waals surface area contributed by atoms with Gasteiger partial charge in [-0.25, -0.2) is 0 Å². The van der Waals surface area contributed by atoms with Crippen LogP contribution in [0.4, 0.5) is 11.9 Å². The Balaban J connectivity index is 1.17. The molecule has 5 aromatic carbocycles. The molecule has 276 valence electrons. The Morgan fingerprint density at radius 1 is 0.593 bits per heavy atom. The summed E-state index contributed by atoms with van der Waals surface area (Å²) in [6.45, 7) is 26.4. The molecule has 0 amide bonds. The summed E-state index contributed by atoms with van der Waals surface area (Å²) in [6, 6.07) is 18.8. The van der Waals surface area contributed by atoms with Crippen LogP contribution >= 0.6 is 0 Å². The Morgan fingerprint density at radius 3 is 1.50 bits per heavy atom. The first kappa shape index (κ1) is 35.6. The molecule has 8 rings (SSSR count). The molecule has 0 spiro atoms. The summed E-state index contributed by atoms with van der Waals surface area (Å²) in [4.78, 5) is 17.4. The molecule has 54 heavy (non-hydrogen) atoms. The zero-order valence-corrected chi connectivity index (χ0v) is 32.3. The molecule has 3 heterocycles. The van der Waals surface area contributed by atoms with Gasteiger partial charge in [0.05, 0.1) is 0 Å². The van der Waals surface area contributed by atoms with Gasteiger partial charge in [0.1, 0.15) is 5.82 Å². The number of hydrogen-bond acceptors (Lipinski definition) is 7. The van der Waals surface area contributed by atoms with Crippen LogP contribution in [0, 0.1) is 6.92 Å². The van der Waals surface area contributed by atoms with Crippen LogP contribution < -0.4 is 11.1 Å². The van der Waals surface area contributed by atoms with Gasteiger partial charge in [-0.15, -0.1) is 0 Å². The molecule has 6 aromatic rings. The Morgan fingerprint density at radius 2 is 1.06 bits per heavy atom. The third-order valence-corrected chi connectivity index (χ3v) is 11.9. The van der Waals surface area contributed by atoms with Crippen molar-refractivity contribution in [3.05, 3.63) is 103 Å². The van der Waals surface area contributed by atoms with Crippen LogP contribution in [0.5, 0.6) is 0 Å². The van der Waals surface area contributed by atoms with E-state index < -0.39 is 0 Å². The summed E-state index contributed by atoms with van der Waals surface area (Å²) in [7, 11) is 0. The van der Waals surface area contributed by atoms with Crippen molar-refractivity contribution in [3.63, 3.8) is 0 Å². The van der Waals surface area contributed by atoms with Gasteiger partial charge in [-0.3, -0.25) is 0 Å². The van der Waals surface area contributed by atoms with Crippen molar-refractivity contribution >= 4 is 77.8 Å². The van der Waals surface area contributed by atoms with E-state index in [0.29, 0.717) is 30.9 Å². The molecule has 3 N–H and O–H groups in total. The van der Waals surface area contributed by atoms with Crippen molar-refractivity contribution < 1.29 is 0 Å². The number of unbranched alkanes of at least 4 members (excludes halogenated alkanes) is 6. The summed E-state index contributed by atoms with van der Waals surface area (Å²) in [5, 5.41) is 13.4. The topological polar surface area (TPSA) is 83.2 Å². The molecule has 0 saturated carbocycles. The molecule has 2 aliphatic heterocycles. The highest BCUT2D eigenvalue weighted by Crippen LogP contribution is 2.51. The summed E-state index contributed by atoms with van der Waals surface area (Å²) in [5.41, 5.74) is 14.7. The van der Waals surface area contributed by atoms with Crippen LogP contribution in [0.25, 0.3) is 65.9 Å². The number of benzene rings is 5. The van der Waals surface area contributed by atoms with Gasteiger partial charge in [-0.1, -0.05) is 140 Å². The van der Waals surface area contributed by atoms with Crippen molar-refractivity contribution in [2.45, 2.75) is 91.0 Å². The molecule has 0 fully saturated rings. The summed E-state index contributed by atoms with van der Waals surface area (Å²) < 4.78 is 0. The normalized spacial score (nSPS) is 14.3. The van der Waals surface area contributed by atoms with Gasteiger partial charge < -0.3 is 20.9 Å². The second kappa shape index (κ2) is 14.4. The molecular weight excluding hydrogens is 663 g/mol. The van der Waals surface area contributed by atoms with Crippen LogP contribution in [-0.2, 0) is 0 Å². The van der Waals surface area contributed by atoms with Crippen LogP contribution in [0.1, 0.15) is 106 Å². The fourth-order valence-corrected chi connectivity index (χ4v) is 9.31. The minimum Gasteiger partial charge on any atom is -0.368 e. The van der Waals surface area contributed by atoms with Gasteiger partial charge in [0.25, 0.3) is 0 Å². The molecule has 0 saturated heterocycles. The number of anilines is 2. The quantitative estimate of drug-likeness (QED) is 0.0622. The fraction of sp³-hybridized carbons (Fsp3) is 0.340. The molecule has 0 aliphatic carbocycles. The highest BCUT2D eigenvalue weighted by Gasteiger charge is 2.33. The zero-order chi connectivity index (χ0) is 37.7. The standard InChI is InChI=1S/C47H53N7/c1-8-10-12-14-16-33(17-15-13-11-9-2)54-30(5)36-20-24-40-38-22-18-34-28(3)53(27-26-49-47-51-32(7)50-46(48)52-47)29(4)35-19-23-39(44(38)42(34)35)41-25-21-37(31(54)6)43(36)45(40)41/h18-25,33H,3-6,8-17,26-27H2,1-2,7H3,(H3,48,49,50,51,52). The van der Waals surface area contributed by atoms with Gasteiger partial charge in [-0.05, 0) is 52.1 Å². The van der Waals surface area contributed by atoms with E-state index in [1.54, 1.807) is 0 Å². The van der Waals surface area contributed by atoms with Gasteiger partial charge >= 0.3 is 0 Å². The molecule has 7 heteroatoms. The highest BCUT2D eigenvalue weighted by molar-refractivity contribution is 6.36. The number of nitrogens with two attached hydrogens (primary N) is 1. The first-order valence-electron chi connectivity index (χ1n) is 20.0. The minimum absolute atomic E-state index is 0.208. The molecule has 0 radical (unpaired) electrons. The number of fused-ring (bicyclic) bond motifs is 2. The zero-order valence-electron chi connectivity index (χ0n) is 32.3. The second-order valence-electron chi connectivity index (χ2n) is 15.3. The monoisotopic (exact) mass is 715 g/mol. The van der Waals surface area contributed by atoms with Gasteiger partial charge in [-0.2, -0.15) is 15.0 Å². The van der Waals surface area contributed by atoms with E-state index in [-0.39, 0.29) is 5.95 Å². The molecule has 7 nitrogen and oxygen atoms in total. The van der Waals surface area contributed by atoms with Gasteiger partial charge in [0.2, 0.25) is 11.9 Å². The third kappa shape index (κ3) is 5.85. The highest BCUT2D eigenvalue weighted by atomic mass is 15.2. The average Bonchev–Trinajstić information content (AvgIpc) is 3.16. The van der Waals surface area contributed by atoms with E-state index in [2.05, 4.69) is 106 Å². The lowest BCUT2D eigenvalue weighted by molar-refractivity contribution is 0.332. The summed E-state index contributed by atoms with van der Waals surface area (Å²) >= 11 is 0. The Bertz CT molecular complexity index is 2320. The lowest BCUT2D eigenvalue weighted by Crippen LogP contribution is -2.34. The van der Waals surface area contributed by atoms with Crippen LogP contribution in [-0.4, -0.2) is 43.9 Å². The fourth-order valence-electron chi connectivity index (χ4n) is 9.31. The molecule has 0 unspecified atom stereocenters. The second-order valence-corrected chi connectivity index (χ2v) is 15.3. The van der Waals surface area contributed by atoms with E-state index in [1.165, 1.54) is 118 Å². The average molecular weight is 716 g/mol. The van der Waals surface area contributed by atoms with E-state index in [0.717, 1.165) is 33.9 Å². The lowest BCUT2D eigenvalue weighted by Gasteiger charge is -2.41.